The van der Waals surface area contributed by atoms with Crippen LogP contribution in [0.15, 0.2) is 48.5 Å². The number of anilines is 1. The minimum atomic E-state index is -0.426. The second-order valence-corrected chi connectivity index (χ2v) is 7.17. The van der Waals surface area contributed by atoms with Crippen molar-refractivity contribution in [1.82, 2.24) is 4.90 Å². The minimum absolute atomic E-state index is 0.0434. The van der Waals surface area contributed by atoms with Crippen LogP contribution >= 0.6 is 12.2 Å². The van der Waals surface area contributed by atoms with E-state index in [-0.39, 0.29) is 11.5 Å². The minimum Gasteiger partial charge on any atom is -0.342 e. The number of benzene rings is 2. The summed E-state index contributed by atoms with van der Waals surface area (Å²) in [4.78, 5) is 12.5. The van der Waals surface area contributed by atoms with Crippen molar-refractivity contribution in [2.24, 2.45) is 0 Å². The molecule has 5 nitrogen and oxygen atoms in total. The van der Waals surface area contributed by atoms with Gasteiger partial charge in [-0.3, -0.25) is 10.1 Å². The molecule has 0 bridgehead atoms. The second kappa shape index (κ2) is 8.90. The van der Waals surface area contributed by atoms with E-state index in [0.717, 1.165) is 18.4 Å². The number of hydrogen-bond acceptors (Lipinski definition) is 3. The summed E-state index contributed by atoms with van der Waals surface area (Å²) in [7, 11) is 0. The third-order valence-corrected chi connectivity index (χ3v) is 5.21. The predicted octanol–water partition coefficient (Wildman–Crippen LogP) is 5.27. The lowest BCUT2D eigenvalue weighted by atomic mass is 9.94. The van der Waals surface area contributed by atoms with Crippen molar-refractivity contribution in [2.45, 2.75) is 44.7 Å². The van der Waals surface area contributed by atoms with E-state index in [4.69, 9.17) is 12.2 Å². The van der Waals surface area contributed by atoms with Crippen molar-refractivity contribution >= 4 is 28.7 Å². The molecule has 142 valence electrons. The summed E-state index contributed by atoms with van der Waals surface area (Å²) < 4.78 is 13.2. The number of nitrogens with one attached hydrogen (secondary N) is 1. The molecule has 2 aromatic rings. The molecule has 2 aromatic carbocycles. The van der Waals surface area contributed by atoms with Crippen LogP contribution in [0.25, 0.3) is 0 Å². The number of nitro groups is 1. The molecule has 3 rings (SSSR count). The molecule has 0 unspecified atom stereocenters. The predicted molar refractivity (Wildman–Crippen MR) is 108 cm³/mol. The summed E-state index contributed by atoms with van der Waals surface area (Å²) in [5.41, 5.74) is 1.75. The van der Waals surface area contributed by atoms with Crippen molar-refractivity contribution in [1.29, 1.82) is 0 Å². The average Bonchev–Trinajstić information content (AvgIpc) is 2.68. The summed E-state index contributed by atoms with van der Waals surface area (Å²) >= 11 is 5.65. The molecule has 27 heavy (non-hydrogen) atoms. The first-order chi connectivity index (χ1) is 13.0. The van der Waals surface area contributed by atoms with Gasteiger partial charge < -0.3 is 10.2 Å². The molecular weight excluding hydrogens is 365 g/mol. The smallest absolute Gasteiger partial charge is 0.269 e. The Bertz CT molecular complexity index is 790. The van der Waals surface area contributed by atoms with Gasteiger partial charge in [-0.05, 0) is 54.9 Å². The molecule has 0 aromatic heterocycles. The zero-order valence-corrected chi connectivity index (χ0v) is 15.8. The summed E-state index contributed by atoms with van der Waals surface area (Å²) in [5, 5.41) is 14.6. The fraction of sp³-hybridized carbons (Fsp3) is 0.350. The van der Waals surface area contributed by atoms with Crippen molar-refractivity contribution in [3.05, 3.63) is 70.0 Å². The molecule has 0 heterocycles. The molecule has 1 aliphatic rings. The molecule has 0 atom stereocenters. The third-order valence-electron chi connectivity index (χ3n) is 4.87. The van der Waals surface area contributed by atoms with Crippen LogP contribution in [-0.2, 0) is 6.54 Å². The summed E-state index contributed by atoms with van der Waals surface area (Å²) in [6.45, 7) is 0.601. The average molecular weight is 387 g/mol. The van der Waals surface area contributed by atoms with Crippen molar-refractivity contribution in [3.8, 4) is 0 Å². The van der Waals surface area contributed by atoms with Gasteiger partial charge in [-0.2, -0.15) is 0 Å². The Morgan fingerprint density at radius 2 is 1.74 bits per heavy atom. The number of thiocarbonyl (C=S) groups is 1. The summed E-state index contributed by atoms with van der Waals surface area (Å²) in [6, 6.07) is 13.0. The molecular formula is C20H22FN3O2S. The topological polar surface area (TPSA) is 58.4 Å². The van der Waals surface area contributed by atoms with Gasteiger partial charge in [-0.15, -0.1) is 0 Å². The highest BCUT2D eigenvalue weighted by Crippen LogP contribution is 2.25. The SMILES string of the molecule is O=[N+]([O-])c1ccc(NC(=S)N(Cc2ccc(F)cc2)C2CCCCC2)cc1. The van der Waals surface area contributed by atoms with Crippen molar-refractivity contribution < 1.29 is 9.31 Å². The van der Waals surface area contributed by atoms with Gasteiger partial charge in [0, 0.05) is 30.4 Å². The van der Waals surface area contributed by atoms with Gasteiger partial charge >= 0.3 is 0 Å². The molecule has 0 radical (unpaired) electrons. The van der Waals surface area contributed by atoms with Crippen molar-refractivity contribution in [2.75, 3.05) is 5.32 Å². The Morgan fingerprint density at radius 3 is 2.33 bits per heavy atom. The van der Waals surface area contributed by atoms with Gasteiger partial charge in [0.05, 0.1) is 4.92 Å². The van der Waals surface area contributed by atoms with Gasteiger partial charge in [0.2, 0.25) is 0 Å². The van der Waals surface area contributed by atoms with Gasteiger partial charge in [0.1, 0.15) is 5.82 Å². The largest absolute Gasteiger partial charge is 0.342 e. The maximum atomic E-state index is 13.2. The van der Waals surface area contributed by atoms with Crippen molar-refractivity contribution in [3.63, 3.8) is 0 Å². The quantitative estimate of drug-likeness (QED) is 0.430. The van der Waals surface area contributed by atoms with E-state index < -0.39 is 4.92 Å². The normalized spacial score (nSPS) is 14.6. The lowest BCUT2D eigenvalue weighted by Crippen LogP contribution is -2.43. The van der Waals surface area contributed by atoms with Gasteiger partial charge in [-0.25, -0.2) is 4.39 Å². The Morgan fingerprint density at radius 1 is 1.11 bits per heavy atom. The number of hydrogen-bond donors (Lipinski definition) is 1. The molecule has 1 N–H and O–H groups in total. The number of halogens is 1. The van der Waals surface area contributed by atoms with Crippen LogP contribution < -0.4 is 5.32 Å². The van der Waals surface area contributed by atoms with E-state index in [2.05, 4.69) is 10.2 Å². The zero-order valence-electron chi connectivity index (χ0n) is 14.9. The third kappa shape index (κ3) is 5.23. The number of nitro benzene ring substituents is 1. The fourth-order valence-corrected chi connectivity index (χ4v) is 3.74. The van der Waals surface area contributed by atoms with Crippen LogP contribution in [0.4, 0.5) is 15.8 Å². The van der Waals surface area contributed by atoms with Crippen LogP contribution in [0, 0.1) is 15.9 Å². The first kappa shape index (κ1) is 19.2. The van der Waals surface area contributed by atoms with E-state index in [1.165, 1.54) is 43.5 Å². The van der Waals surface area contributed by atoms with Gasteiger partial charge in [0.15, 0.2) is 5.11 Å². The highest BCUT2D eigenvalue weighted by molar-refractivity contribution is 7.80. The maximum absolute atomic E-state index is 13.2. The molecule has 0 amide bonds. The molecule has 7 heteroatoms. The molecule has 1 fully saturated rings. The van der Waals surface area contributed by atoms with Crippen LogP contribution in [0.3, 0.4) is 0 Å². The molecule has 1 saturated carbocycles. The molecule has 0 saturated heterocycles. The summed E-state index contributed by atoms with van der Waals surface area (Å²) in [5.74, 6) is -0.255. The number of non-ortho nitro benzene ring substituents is 1. The van der Waals surface area contributed by atoms with E-state index in [0.29, 0.717) is 23.4 Å². The first-order valence-electron chi connectivity index (χ1n) is 9.09. The molecule has 0 aliphatic heterocycles. The van der Waals surface area contributed by atoms with E-state index in [1.807, 2.05) is 0 Å². The Kier molecular flexibility index (Phi) is 6.34. The van der Waals surface area contributed by atoms with E-state index >= 15 is 0 Å². The van der Waals surface area contributed by atoms with E-state index in [9.17, 15) is 14.5 Å². The lowest BCUT2D eigenvalue weighted by molar-refractivity contribution is -0.384. The van der Waals surface area contributed by atoms with Gasteiger partial charge in [0.25, 0.3) is 5.69 Å². The Hall–Kier alpha value is -2.54. The standard InChI is InChI=1S/C20H22FN3O2S/c21-16-8-6-15(7-9-16)14-23(18-4-2-1-3-5-18)20(27)22-17-10-12-19(13-11-17)24(25)26/h6-13,18H,1-5,14H2,(H,22,27). The zero-order chi connectivity index (χ0) is 19.2. The van der Waals surface area contributed by atoms with E-state index in [1.54, 1.807) is 24.3 Å². The van der Waals surface area contributed by atoms with Crippen LogP contribution in [0.2, 0.25) is 0 Å². The summed E-state index contributed by atoms with van der Waals surface area (Å²) in [6.07, 6.45) is 5.73. The van der Waals surface area contributed by atoms with Gasteiger partial charge in [-0.1, -0.05) is 31.4 Å². The monoisotopic (exact) mass is 387 g/mol. The van der Waals surface area contributed by atoms with Crippen LogP contribution in [-0.4, -0.2) is 21.0 Å². The Labute approximate surface area is 163 Å². The first-order valence-corrected chi connectivity index (χ1v) is 9.50. The van der Waals surface area contributed by atoms with Crippen LogP contribution in [0.5, 0.6) is 0 Å². The van der Waals surface area contributed by atoms with Crippen LogP contribution in [0.1, 0.15) is 37.7 Å². The lowest BCUT2D eigenvalue weighted by Gasteiger charge is -2.36. The number of nitrogens with zero attached hydrogens (tertiary/aromatic N) is 2. The maximum Gasteiger partial charge on any atom is 0.269 e. The fourth-order valence-electron chi connectivity index (χ4n) is 3.41. The molecule has 0 spiro atoms. The Balaban J connectivity index is 1.74. The second-order valence-electron chi connectivity index (χ2n) is 6.78. The highest BCUT2D eigenvalue weighted by atomic mass is 32.1. The highest BCUT2D eigenvalue weighted by Gasteiger charge is 2.23. The number of rotatable bonds is 5. The molecule has 1 aliphatic carbocycles.